The fraction of sp³-hybridized carbons (Fsp3) is 0.286. The topological polar surface area (TPSA) is 59.1 Å². The first-order valence-electron chi connectivity index (χ1n) is 6.32. The number of benzene rings is 1. The lowest BCUT2D eigenvalue weighted by Gasteiger charge is -2.16. The maximum absolute atomic E-state index is 5.20. The molecule has 19 heavy (non-hydrogen) atoms. The fourth-order valence-electron chi connectivity index (χ4n) is 2.16. The molecule has 0 atom stereocenters. The van der Waals surface area contributed by atoms with Crippen LogP contribution in [-0.2, 0) is 13.0 Å². The largest absolute Gasteiger partial charge is 0.497 e. The van der Waals surface area contributed by atoms with E-state index in [9.17, 15) is 0 Å². The van der Waals surface area contributed by atoms with Crippen molar-refractivity contribution in [3.8, 4) is 5.75 Å². The zero-order valence-electron chi connectivity index (χ0n) is 10.8. The van der Waals surface area contributed by atoms with Crippen LogP contribution in [0.5, 0.6) is 5.75 Å². The molecule has 1 aromatic heterocycles. The average molecular weight is 256 g/mol. The highest BCUT2D eigenvalue weighted by Crippen LogP contribution is 2.21. The van der Waals surface area contributed by atoms with Gasteiger partial charge in [0, 0.05) is 18.3 Å². The summed E-state index contributed by atoms with van der Waals surface area (Å²) in [6.45, 7) is 1.80. The first kappa shape index (κ1) is 11.9. The molecular weight excluding hydrogens is 240 g/mol. The molecule has 0 bridgehead atoms. The first-order chi connectivity index (χ1) is 9.35. The van der Waals surface area contributed by atoms with Crippen molar-refractivity contribution in [3.63, 3.8) is 0 Å². The molecule has 1 aliphatic heterocycles. The number of hydrogen-bond acceptors (Lipinski definition) is 5. The average Bonchev–Trinajstić information content (AvgIpc) is 2.47. The third kappa shape index (κ3) is 2.66. The van der Waals surface area contributed by atoms with Gasteiger partial charge in [0.25, 0.3) is 0 Å². The number of ether oxygens (including phenoxy) is 1. The van der Waals surface area contributed by atoms with Gasteiger partial charge < -0.3 is 15.4 Å². The predicted octanol–water partition coefficient (Wildman–Crippen LogP) is 1.87. The van der Waals surface area contributed by atoms with Gasteiger partial charge in [-0.3, -0.25) is 0 Å². The van der Waals surface area contributed by atoms with E-state index in [1.807, 2.05) is 24.3 Å². The van der Waals surface area contributed by atoms with Gasteiger partial charge in [0.15, 0.2) is 5.82 Å². The number of nitrogens with one attached hydrogen (secondary N) is 2. The minimum atomic E-state index is 0.772. The fourth-order valence-corrected chi connectivity index (χ4v) is 2.16. The highest BCUT2D eigenvalue weighted by molar-refractivity contribution is 5.58. The Balaban J connectivity index is 1.82. The van der Waals surface area contributed by atoms with E-state index in [0.29, 0.717) is 0 Å². The van der Waals surface area contributed by atoms with Crippen molar-refractivity contribution in [2.45, 2.75) is 13.0 Å². The van der Waals surface area contributed by atoms with E-state index in [1.54, 1.807) is 7.11 Å². The standard InChI is InChI=1S/C14H16N4O/c1-19-12-4-2-3-11(8-12)16-14-7-10-5-6-15-9-13(10)17-18-14/h2-4,7-8,15H,5-6,9H2,1H3,(H,16,18). The Morgan fingerprint density at radius 2 is 2.21 bits per heavy atom. The van der Waals surface area contributed by atoms with E-state index in [2.05, 4.69) is 26.9 Å². The van der Waals surface area contributed by atoms with Gasteiger partial charge in [-0.05, 0) is 36.7 Å². The molecule has 2 aromatic rings. The van der Waals surface area contributed by atoms with Crippen LogP contribution in [0.4, 0.5) is 11.5 Å². The van der Waals surface area contributed by atoms with Crippen LogP contribution in [0.3, 0.4) is 0 Å². The Labute approximate surface area is 112 Å². The lowest BCUT2D eigenvalue weighted by atomic mass is 10.1. The zero-order chi connectivity index (χ0) is 13.1. The third-order valence-corrected chi connectivity index (χ3v) is 3.17. The normalized spacial score (nSPS) is 13.7. The summed E-state index contributed by atoms with van der Waals surface area (Å²) in [6.07, 6.45) is 0.998. The van der Waals surface area contributed by atoms with Crippen LogP contribution in [-0.4, -0.2) is 23.9 Å². The van der Waals surface area contributed by atoms with Crippen LogP contribution in [0.15, 0.2) is 30.3 Å². The van der Waals surface area contributed by atoms with Gasteiger partial charge in [0.05, 0.1) is 12.8 Å². The number of hydrogen-bond donors (Lipinski definition) is 2. The van der Waals surface area contributed by atoms with Crippen molar-refractivity contribution >= 4 is 11.5 Å². The van der Waals surface area contributed by atoms with Crippen LogP contribution in [0.1, 0.15) is 11.3 Å². The van der Waals surface area contributed by atoms with E-state index in [1.165, 1.54) is 5.56 Å². The van der Waals surface area contributed by atoms with Gasteiger partial charge in [-0.15, -0.1) is 5.10 Å². The lowest BCUT2D eigenvalue weighted by molar-refractivity contribution is 0.415. The first-order valence-corrected chi connectivity index (χ1v) is 6.32. The van der Waals surface area contributed by atoms with Crippen LogP contribution in [0.25, 0.3) is 0 Å². The SMILES string of the molecule is COc1cccc(Nc2cc3c(nn2)CNCC3)c1. The van der Waals surface area contributed by atoms with E-state index < -0.39 is 0 Å². The summed E-state index contributed by atoms with van der Waals surface area (Å²) in [4.78, 5) is 0. The Morgan fingerprint density at radius 3 is 3.11 bits per heavy atom. The van der Waals surface area contributed by atoms with Gasteiger partial charge in [-0.1, -0.05) is 6.07 Å². The van der Waals surface area contributed by atoms with Crippen molar-refractivity contribution in [2.75, 3.05) is 19.0 Å². The Kier molecular flexibility index (Phi) is 3.29. The molecule has 0 fully saturated rings. The van der Waals surface area contributed by atoms with Crippen molar-refractivity contribution < 1.29 is 4.74 Å². The van der Waals surface area contributed by atoms with Crippen LogP contribution in [0.2, 0.25) is 0 Å². The van der Waals surface area contributed by atoms with Gasteiger partial charge in [0.2, 0.25) is 0 Å². The summed E-state index contributed by atoms with van der Waals surface area (Å²) in [5, 5.41) is 15.0. The molecule has 0 radical (unpaired) electrons. The molecule has 5 nitrogen and oxygen atoms in total. The molecule has 1 aromatic carbocycles. The summed E-state index contributed by atoms with van der Waals surface area (Å²) in [6, 6.07) is 9.84. The maximum atomic E-state index is 5.20. The second kappa shape index (κ2) is 5.24. The molecule has 0 unspecified atom stereocenters. The Morgan fingerprint density at radius 1 is 1.26 bits per heavy atom. The van der Waals surface area contributed by atoms with Crippen LogP contribution < -0.4 is 15.4 Å². The summed E-state index contributed by atoms with van der Waals surface area (Å²) >= 11 is 0. The van der Waals surface area contributed by atoms with Gasteiger partial charge >= 0.3 is 0 Å². The van der Waals surface area contributed by atoms with Crippen molar-refractivity contribution in [3.05, 3.63) is 41.6 Å². The molecular formula is C14H16N4O. The van der Waals surface area contributed by atoms with Crippen LogP contribution in [0, 0.1) is 0 Å². The molecule has 0 saturated carbocycles. The maximum Gasteiger partial charge on any atom is 0.153 e. The molecule has 98 valence electrons. The van der Waals surface area contributed by atoms with Gasteiger partial charge in [-0.25, -0.2) is 0 Å². The smallest absolute Gasteiger partial charge is 0.153 e. The quantitative estimate of drug-likeness (QED) is 0.878. The molecule has 2 heterocycles. The zero-order valence-corrected chi connectivity index (χ0v) is 10.8. The number of rotatable bonds is 3. The van der Waals surface area contributed by atoms with E-state index in [4.69, 9.17) is 4.74 Å². The monoisotopic (exact) mass is 256 g/mol. The summed E-state index contributed by atoms with van der Waals surface area (Å²) < 4.78 is 5.20. The molecule has 2 N–H and O–H groups in total. The van der Waals surface area contributed by atoms with E-state index in [0.717, 1.165) is 42.5 Å². The molecule has 0 aliphatic carbocycles. The van der Waals surface area contributed by atoms with Gasteiger partial charge in [0.1, 0.15) is 5.75 Å². The second-order valence-electron chi connectivity index (χ2n) is 4.49. The highest BCUT2D eigenvalue weighted by Gasteiger charge is 2.11. The molecule has 0 spiro atoms. The minimum Gasteiger partial charge on any atom is -0.497 e. The highest BCUT2D eigenvalue weighted by atomic mass is 16.5. The third-order valence-electron chi connectivity index (χ3n) is 3.17. The molecule has 5 heteroatoms. The van der Waals surface area contributed by atoms with Crippen molar-refractivity contribution in [2.24, 2.45) is 0 Å². The van der Waals surface area contributed by atoms with Gasteiger partial charge in [-0.2, -0.15) is 5.10 Å². The number of nitrogens with zero attached hydrogens (tertiary/aromatic N) is 2. The predicted molar refractivity (Wildman–Crippen MR) is 73.7 cm³/mol. The molecule has 0 amide bonds. The number of methoxy groups -OCH3 is 1. The molecule has 1 aliphatic rings. The number of fused-ring (bicyclic) bond motifs is 1. The summed E-state index contributed by atoms with van der Waals surface area (Å²) in [7, 11) is 1.66. The number of aromatic nitrogens is 2. The Hall–Kier alpha value is -2.14. The minimum absolute atomic E-state index is 0.772. The molecule has 0 saturated heterocycles. The van der Waals surface area contributed by atoms with Crippen molar-refractivity contribution in [1.29, 1.82) is 0 Å². The van der Waals surface area contributed by atoms with E-state index in [-0.39, 0.29) is 0 Å². The number of anilines is 2. The Bertz CT molecular complexity index is 585. The van der Waals surface area contributed by atoms with E-state index >= 15 is 0 Å². The summed E-state index contributed by atoms with van der Waals surface area (Å²) in [5.41, 5.74) is 3.25. The summed E-state index contributed by atoms with van der Waals surface area (Å²) in [5.74, 6) is 1.59. The van der Waals surface area contributed by atoms with Crippen molar-refractivity contribution in [1.82, 2.24) is 15.5 Å². The van der Waals surface area contributed by atoms with Crippen LogP contribution >= 0.6 is 0 Å². The second-order valence-corrected chi connectivity index (χ2v) is 4.49. The lowest BCUT2D eigenvalue weighted by Crippen LogP contribution is -2.25. The molecule has 3 rings (SSSR count).